The van der Waals surface area contributed by atoms with Gasteiger partial charge < -0.3 is 4.74 Å². The molecule has 0 aliphatic rings. The van der Waals surface area contributed by atoms with Gasteiger partial charge in [-0.1, -0.05) is 48.5 Å². The average Bonchev–Trinajstić information content (AvgIpc) is 2.30. The van der Waals surface area contributed by atoms with Crippen molar-refractivity contribution in [2.24, 2.45) is 0 Å². The number of hydrogen-bond acceptors (Lipinski definition) is 1. The summed E-state index contributed by atoms with van der Waals surface area (Å²) in [6, 6.07) is 17.7. The Morgan fingerprint density at radius 1 is 0.786 bits per heavy atom. The SMILES string of the molecule is [CH]Oc1ccccc1-c1ccccc1. The largest absolute Gasteiger partial charge is 0.482 e. The molecule has 0 aliphatic heterocycles. The molecule has 0 spiro atoms. The molecule has 1 nitrogen and oxygen atoms in total. The van der Waals surface area contributed by atoms with Gasteiger partial charge in [-0.05, 0) is 11.6 Å². The maximum absolute atomic E-state index is 5.19. The van der Waals surface area contributed by atoms with E-state index >= 15 is 0 Å². The lowest BCUT2D eigenvalue weighted by Crippen LogP contribution is -1.84. The fourth-order valence-electron chi connectivity index (χ4n) is 1.43. The second kappa shape index (κ2) is 3.97. The van der Waals surface area contributed by atoms with Gasteiger partial charge in [0.1, 0.15) is 5.75 Å². The molecule has 2 aromatic carbocycles. The summed E-state index contributed by atoms with van der Waals surface area (Å²) in [6.07, 6.45) is 0. The first-order valence-corrected chi connectivity index (χ1v) is 4.43. The van der Waals surface area contributed by atoms with Crippen molar-refractivity contribution in [3.8, 4) is 16.9 Å². The molecule has 0 amide bonds. The normalized spacial score (nSPS) is 9.79. The summed E-state index contributed by atoms with van der Waals surface area (Å²) >= 11 is 0. The van der Waals surface area contributed by atoms with E-state index < -0.39 is 0 Å². The molecule has 0 saturated carbocycles. The summed E-state index contributed by atoms with van der Waals surface area (Å²) in [5.41, 5.74) is 2.11. The predicted octanol–water partition coefficient (Wildman–Crippen LogP) is 3.40. The summed E-state index contributed by atoms with van der Waals surface area (Å²) in [5.74, 6) is 0.693. The van der Waals surface area contributed by atoms with E-state index in [0.717, 1.165) is 11.1 Å². The molecule has 2 radical (unpaired) electrons. The summed E-state index contributed by atoms with van der Waals surface area (Å²) < 4.78 is 4.80. The van der Waals surface area contributed by atoms with Gasteiger partial charge in [-0.15, -0.1) is 0 Å². The van der Waals surface area contributed by atoms with Crippen LogP contribution in [0.4, 0.5) is 0 Å². The molecule has 0 aromatic heterocycles. The fourth-order valence-corrected chi connectivity index (χ4v) is 1.43. The first-order chi connectivity index (χ1) is 6.92. The Hall–Kier alpha value is -1.76. The van der Waals surface area contributed by atoms with Crippen molar-refractivity contribution in [2.45, 2.75) is 0 Å². The molecule has 0 fully saturated rings. The van der Waals surface area contributed by atoms with Crippen LogP contribution < -0.4 is 4.74 Å². The minimum absolute atomic E-state index is 0.693. The Bertz CT molecular complexity index is 407. The van der Waals surface area contributed by atoms with Crippen LogP contribution in [0.25, 0.3) is 11.1 Å². The zero-order chi connectivity index (χ0) is 9.80. The van der Waals surface area contributed by atoms with E-state index in [-0.39, 0.29) is 0 Å². The maximum atomic E-state index is 5.19. The minimum Gasteiger partial charge on any atom is -0.482 e. The highest BCUT2D eigenvalue weighted by Crippen LogP contribution is 2.28. The monoisotopic (exact) mass is 182 g/mol. The number of benzene rings is 2. The summed E-state index contributed by atoms with van der Waals surface area (Å²) in [5, 5.41) is 0. The molecule has 14 heavy (non-hydrogen) atoms. The van der Waals surface area contributed by atoms with Crippen LogP contribution in [0.1, 0.15) is 0 Å². The Kier molecular flexibility index (Phi) is 2.50. The van der Waals surface area contributed by atoms with Crippen LogP contribution in [0.2, 0.25) is 0 Å². The van der Waals surface area contributed by atoms with E-state index in [9.17, 15) is 0 Å². The first-order valence-electron chi connectivity index (χ1n) is 4.43. The highest BCUT2D eigenvalue weighted by atomic mass is 16.5. The zero-order valence-corrected chi connectivity index (χ0v) is 7.68. The van der Waals surface area contributed by atoms with Gasteiger partial charge in [0, 0.05) is 5.56 Å². The van der Waals surface area contributed by atoms with E-state index in [4.69, 9.17) is 11.8 Å². The van der Waals surface area contributed by atoms with Crippen LogP contribution >= 0.6 is 0 Å². The van der Waals surface area contributed by atoms with Crippen molar-refractivity contribution < 1.29 is 4.74 Å². The van der Waals surface area contributed by atoms with Crippen molar-refractivity contribution in [3.63, 3.8) is 0 Å². The molecular formula is C13H10O. The van der Waals surface area contributed by atoms with Crippen LogP contribution in [0, 0.1) is 7.11 Å². The summed E-state index contributed by atoms with van der Waals surface area (Å²) in [7, 11) is 5.19. The third-order valence-corrected chi connectivity index (χ3v) is 2.10. The lowest BCUT2D eigenvalue weighted by molar-refractivity contribution is 0.475. The van der Waals surface area contributed by atoms with Crippen LogP contribution in [-0.4, -0.2) is 0 Å². The summed E-state index contributed by atoms with van der Waals surface area (Å²) in [6.45, 7) is 0. The number of hydrogen-bond donors (Lipinski definition) is 0. The Labute approximate surface area is 84.0 Å². The third-order valence-electron chi connectivity index (χ3n) is 2.10. The van der Waals surface area contributed by atoms with E-state index in [2.05, 4.69) is 0 Å². The van der Waals surface area contributed by atoms with Gasteiger partial charge in [0.15, 0.2) is 7.11 Å². The van der Waals surface area contributed by atoms with Gasteiger partial charge in [0.05, 0.1) is 0 Å². The molecule has 0 N–H and O–H groups in total. The molecule has 0 heterocycles. The molecule has 2 aromatic rings. The highest BCUT2D eigenvalue weighted by molar-refractivity contribution is 5.70. The summed E-state index contributed by atoms with van der Waals surface area (Å²) in [4.78, 5) is 0. The van der Waals surface area contributed by atoms with E-state index in [0.29, 0.717) is 5.75 Å². The van der Waals surface area contributed by atoms with E-state index in [1.807, 2.05) is 54.6 Å². The third kappa shape index (κ3) is 1.62. The molecule has 68 valence electrons. The molecular weight excluding hydrogens is 172 g/mol. The van der Waals surface area contributed by atoms with Crippen LogP contribution in [0.15, 0.2) is 54.6 Å². The topological polar surface area (TPSA) is 9.23 Å². The standard InChI is InChI=1S/C13H10O/c1-14-13-10-6-5-9-12(13)11-7-3-2-4-8-11/h1-10H. The molecule has 0 saturated heterocycles. The van der Waals surface area contributed by atoms with Crippen molar-refractivity contribution in [1.29, 1.82) is 0 Å². The molecule has 2 rings (SSSR count). The lowest BCUT2D eigenvalue weighted by Gasteiger charge is -2.06. The molecule has 0 unspecified atom stereocenters. The van der Waals surface area contributed by atoms with Gasteiger partial charge in [-0.2, -0.15) is 0 Å². The van der Waals surface area contributed by atoms with Crippen LogP contribution in [0.3, 0.4) is 0 Å². The maximum Gasteiger partial charge on any atom is 0.180 e. The molecule has 0 aliphatic carbocycles. The number of rotatable bonds is 2. The van der Waals surface area contributed by atoms with E-state index in [1.165, 1.54) is 0 Å². The van der Waals surface area contributed by atoms with Crippen LogP contribution in [-0.2, 0) is 0 Å². The predicted molar refractivity (Wildman–Crippen MR) is 56.8 cm³/mol. The second-order valence-corrected chi connectivity index (χ2v) is 2.98. The number of ether oxygens (including phenoxy) is 1. The van der Waals surface area contributed by atoms with Gasteiger partial charge >= 0.3 is 0 Å². The average molecular weight is 182 g/mol. The quantitative estimate of drug-likeness (QED) is 0.691. The van der Waals surface area contributed by atoms with Crippen molar-refractivity contribution >= 4 is 0 Å². The fraction of sp³-hybridized carbons (Fsp3) is 0. The van der Waals surface area contributed by atoms with E-state index in [1.54, 1.807) is 0 Å². The zero-order valence-electron chi connectivity index (χ0n) is 7.68. The van der Waals surface area contributed by atoms with Gasteiger partial charge in [0.25, 0.3) is 0 Å². The highest BCUT2D eigenvalue weighted by Gasteiger charge is 2.02. The van der Waals surface area contributed by atoms with Crippen LogP contribution in [0.5, 0.6) is 5.75 Å². The second-order valence-electron chi connectivity index (χ2n) is 2.98. The first kappa shape index (κ1) is 8.82. The lowest BCUT2D eigenvalue weighted by atomic mass is 10.1. The Balaban J connectivity index is 2.51. The van der Waals surface area contributed by atoms with Crippen molar-refractivity contribution in [1.82, 2.24) is 0 Å². The van der Waals surface area contributed by atoms with Crippen molar-refractivity contribution in [3.05, 3.63) is 61.7 Å². The minimum atomic E-state index is 0.693. The smallest absolute Gasteiger partial charge is 0.180 e. The van der Waals surface area contributed by atoms with Crippen molar-refractivity contribution in [2.75, 3.05) is 0 Å². The molecule has 0 atom stereocenters. The van der Waals surface area contributed by atoms with Gasteiger partial charge in [-0.25, -0.2) is 0 Å². The molecule has 1 heteroatoms. The van der Waals surface area contributed by atoms with Gasteiger partial charge in [0.2, 0.25) is 0 Å². The molecule has 0 bridgehead atoms. The Morgan fingerprint density at radius 2 is 1.43 bits per heavy atom. The van der Waals surface area contributed by atoms with Gasteiger partial charge in [-0.3, -0.25) is 0 Å². The number of para-hydroxylation sites is 1. The Morgan fingerprint density at radius 3 is 2.14 bits per heavy atom.